The number of carbonyl (C=O) groups excluding carboxylic acids is 1. The number of benzene rings is 2. The fourth-order valence-electron chi connectivity index (χ4n) is 4.30. The smallest absolute Gasteiger partial charge is 0.223 e. The summed E-state index contributed by atoms with van der Waals surface area (Å²) in [5.41, 5.74) is 3.90. The van der Waals surface area contributed by atoms with Gasteiger partial charge in [0, 0.05) is 74.6 Å². The van der Waals surface area contributed by atoms with E-state index >= 15 is 0 Å². The van der Waals surface area contributed by atoms with Crippen LogP contribution in [0.15, 0.2) is 42.5 Å². The van der Waals surface area contributed by atoms with Gasteiger partial charge in [-0.25, -0.2) is 0 Å². The zero-order valence-electron chi connectivity index (χ0n) is 16.9. The average molecular weight is 380 g/mol. The molecule has 1 aliphatic rings. The molecule has 1 saturated heterocycles. The molecule has 5 nitrogen and oxygen atoms in total. The average Bonchev–Trinajstić information content (AvgIpc) is 2.93. The third kappa shape index (κ3) is 3.64. The Morgan fingerprint density at radius 2 is 1.82 bits per heavy atom. The van der Waals surface area contributed by atoms with E-state index in [2.05, 4.69) is 58.9 Å². The summed E-state index contributed by atoms with van der Waals surface area (Å²) < 4.78 is 7.52. The maximum Gasteiger partial charge on any atom is 0.223 e. The molecule has 0 bridgehead atoms. The fourth-order valence-corrected chi connectivity index (χ4v) is 4.30. The highest BCUT2D eigenvalue weighted by Crippen LogP contribution is 2.30. The molecule has 0 aliphatic carbocycles. The van der Waals surface area contributed by atoms with Crippen molar-refractivity contribution in [1.82, 2.24) is 14.4 Å². The largest absolute Gasteiger partial charge is 0.383 e. The van der Waals surface area contributed by atoms with Gasteiger partial charge >= 0.3 is 0 Å². The van der Waals surface area contributed by atoms with Crippen molar-refractivity contribution < 1.29 is 9.53 Å². The maximum absolute atomic E-state index is 12.3. The molecule has 3 aromatic rings. The molecular weight excluding hydrogens is 350 g/mol. The van der Waals surface area contributed by atoms with Gasteiger partial charge in [0.2, 0.25) is 5.91 Å². The monoisotopic (exact) mass is 379 g/mol. The van der Waals surface area contributed by atoms with Crippen molar-refractivity contribution >= 4 is 27.7 Å². The zero-order valence-corrected chi connectivity index (χ0v) is 16.9. The molecule has 5 heteroatoms. The van der Waals surface area contributed by atoms with Gasteiger partial charge in [0.05, 0.1) is 6.61 Å². The second-order valence-electron chi connectivity index (χ2n) is 7.51. The van der Waals surface area contributed by atoms with E-state index in [1.54, 1.807) is 7.11 Å². The Hall–Kier alpha value is -2.37. The van der Waals surface area contributed by atoms with Crippen LogP contribution in [-0.4, -0.2) is 60.2 Å². The SMILES string of the molecule is CCn1c2ccccc2c2cc(CN3CCC(=O)N(CCOC)CC3)ccc21. The number of nitrogens with zero attached hydrogens (tertiary/aromatic N) is 3. The van der Waals surface area contributed by atoms with Gasteiger partial charge in [-0.3, -0.25) is 9.69 Å². The highest BCUT2D eigenvalue weighted by Gasteiger charge is 2.21. The summed E-state index contributed by atoms with van der Waals surface area (Å²) in [5, 5.41) is 2.64. The summed E-state index contributed by atoms with van der Waals surface area (Å²) in [6.07, 6.45) is 0.584. The number of aryl methyl sites for hydroxylation is 1. The lowest BCUT2D eigenvalue weighted by molar-refractivity contribution is -0.130. The Balaban J connectivity index is 1.55. The van der Waals surface area contributed by atoms with Crippen molar-refractivity contribution in [1.29, 1.82) is 0 Å². The number of rotatable bonds is 6. The van der Waals surface area contributed by atoms with Crippen LogP contribution in [-0.2, 0) is 22.6 Å². The minimum absolute atomic E-state index is 0.237. The lowest BCUT2D eigenvalue weighted by Crippen LogP contribution is -2.35. The molecule has 0 saturated carbocycles. The van der Waals surface area contributed by atoms with Gasteiger partial charge in [0.25, 0.3) is 0 Å². The second-order valence-corrected chi connectivity index (χ2v) is 7.51. The molecule has 28 heavy (non-hydrogen) atoms. The number of aromatic nitrogens is 1. The summed E-state index contributed by atoms with van der Waals surface area (Å²) >= 11 is 0. The number of hydrogen-bond donors (Lipinski definition) is 0. The second kappa shape index (κ2) is 8.33. The fraction of sp³-hybridized carbons (Fsp3) is 0.435. The lowest BCUT2D eigenvalue weighted by atomic mass is 10.1. The first-order valence-corrected chi connectivity index (χ1v) is 10.2. The first kappa shape index (κ1) is 19.0. The van der Waals surface area contributed by atoms with Crippen LogP contribution in [0, 0.1) is 0 Å². The summed E-state index contributed by atoms with van der Waals surface area (Å²) in [6, 6.07) is 15.5. The van der Waals surface area contributed by atoms with Crippen molar-refractivity contribution in [3.8, 4) is 0 Å². The van der Waals surface area contributed by atoms with E-state index in [0.717, 1.165) is 32.7 Å². The normalized spacial score (nSPS) is 16.2. The minimum Gasteiger partial charge on any atom is -0.383 e. The van der Waals surface area contributed by atoms with Gasteiger partial charge in [-0.1, -0.05) is 24.3 Å². The van der Waals surface area contributed by atoms with Gasteiger partial charge < -0.3 is 14.2 Å². The van der Waals surface area contributed by atoms with Crippen LogP contribution >= 0.6 is 0 Å². The Morgan fingerprint density at radius 3 is 2.64 bits per heavy atom. The molecule has 0 N–H and O–H groups in total. The number of para-hydroxylation sites is 1. The summed E-state index contributed by atoms with van der Waals surface area (Å²) in [5.74, 6) is 0.237. The number of methoxy groups -OCH3 is 1. The van der Waals surface area contributed by atoms with E-state index in [4.69, 9.17) is 4.74 Å². The van der Waals surface area contributed by atoms with Crippen LogP contribution in [0.4, 0.5) is 0 Å². The molecule has 4 rings (SSSR count). The summed E-state index contributed by atoms with van der Waals surface area (Å²) in [6.45, 7) is 7.83. The van der Waals surface area contributed by atoms with E-state index in [0.29, 0.717) is 19.6 Å². The highest BCUT2D eigenvalue weighted by atomic mass is 16.5. The van der Waals surface area contributed by atoms with Gasteiger partial charge in [0.15, 0.2) is 0 Å². The molecule has 1 aliphatic heterocycles. The predicted molar refractivity (Wildman–Crippen MR) is 113 cm³/mol. The van der Waals surface area contributed by atoms with Crippen molar-refractivity contribution in [2.24, 2.45) is 0 Å². The Morgan fingerprint density at radius 1 is 1.00 bits per heavy atom. The van der Waals surface area contributed by atoms with Crippen LogP contribution in [0.2, 0.25) is 0 Å². The van der Waals surface area contributed by atoms with Crippen LogP contribution in [0.5, 0.6) is 0 Å². The zero-order chi connectivity index (χ0) is 19.5. The molecular formula is C23H29N3O2. The standard InChI is InChI=1S/C23H29N3O2/c1-3-26-21-7-5-4-6-19(21)20-16-18(8-9-22(20)26)17-24-11-10-23(27)25(13-12-24)14-15-28-2/h4-9,16H,3,10-15,17H2,1-2H3. The lowest BCUT2D eigenvalue weighted by Gasteiger charge is -2.22. The third-order valence-electron chi connectivity index (χ3n) is 5.81. The maximum atomic E-state index is 12.3. The molecule has 148 valence electrons. The van der Waals surface area contributed by atoms with E-state index in [-0.39, 0.29) is 5.91 Å². The molecule has 0 unspecified atom stereocenters. The van der Waals surface area contributed by atoms with Crippen LogP contribution in [0.25, 0.3) is 21.8 Å². The van der Waals surface area contributed by atoms with Gasteiger partial charge in [-0.2, -0.15) is 0 Å². The van der Waals surface area contributed by atoms with Crippen molar-refractivity contribution in [2.75, 3.05) is 39.9 Å². The molecule has 0 atom stereocenters. The number of ether oxygens (including phenoxy) is 1. The molecule has 0 spiro atoms. The summed E-state index contributed by atoms with van der Waals surface area (Å²) in [7, 11) is 1.68. The van der Waals surface area contributed by atoms with E-state index < -0.39 is 0 Å². The van der Waals surface area contributed by atoms with Crippen LogP contribution in [0.1, 0.15) is 18.9 Å². The Kier molecular flexibility index (Phi) is 5.64. The summed E-state index contributed by atoms with van der Waals surface area (Å²) in [4.78, 5) is 16.6. The molecule has 2 heterocycles. The van der Waals surface area contributed by atoms with Crippen molar-refractivity contribution in [3.63, 3.8) is 0 Å². The van der Waals surface area contributed by atoms with E-state index in [1.165, 1.54) is 27.4 Å². The topological polar surface area (TPSA) is 37.7 Å². The molecule has 0 radical (unpaired) electrons. The number of amides is 1. The van der Waals surface area contributed by atoms with E-state index in [9.17, 15) is 4.79 Å². The first-order chi connectivity index (χ1) is 13.7. The quantitative estimate of drug-likeness (QED) is 0.658. The number of fused-ring (bicyclic) bond motifs is 3. The Labute approximate surface area is 166 Å². The molecule has 2 aromatic carbocycles. The van der Waals surface area contributed by atoms with Crippen molar-refractivity contribution in [3.05, 3.63) is 48.0 Å². The predicted octanol–water partition coefficient (Wildman–Crippen LogP) is 3.50. The van der Waals surface area contributed by atoms with Crippen LogP contribution < -0.4 is 0 Å². The number of hydrogen-bond acceptors (Lipinski definition) is 3. The first-order valence-electron chi connectivity index (χ1n) is 10.2. The number of carbonyl (C=O) groups is 1. The molecule has 1 fully saturated rings. The van der Waals surface area contributed by atoms with Gasteiger partial charge in [-0.15, -0.1) is 0 Å². The van der Waals surface area contributed by atoms with Gasteiger partial charge in [0.1, 0.15) is 0 Å². The third-order valence-corrected chi connectivity index (χ3v) is 5.81. The minimum atomic E-state index is 0.237. The Bertz CT molecular complexity index is 979. The molecule has 1 aromatic heterocycles. The van der Waals surface area contributed by atoms with Gasteiger partial charge in [-0.05, 0) is 30.7 Å². The van der Waals surface area contributed by atoms with Crippen molar-refractivity contribution in [2.45, 2.75) is 26.4 Å². The molecule has 1 amide bonds. The van der Waals surface area contributed by atoms with Crippen LogP contribution in [0.3, 0.4) is 0 Å². The van der Waals surface area contributed by atoms with E-state index in [1.807, 2.05) is 4.90 Å². The highest BCUT2D eigenvalue weighted by molar-refractivity contribution is 6.08.